The predicted molar refractivity (Wildman–Crippen MR) is 118 cm³/mol. The Hall–Kier alpha value is -2.01. The minimum Gasteiger partial charge on any atom is -0.497 e. The Balaban J connectivity index is 2.06. The molecular formula is C22H31ClN4O. The van der Waals surface area contributed by atoms with Gasteiger partial charge in [0, 0.05) is 31.3 Å². The average molecular weight is 403 g/mol. The van der Waals surface area contributed by atoms with Crippen LogP contribution in [-0.2, 0) is 12.8 Å². The summed E-state index contributed by atoms with van der Waals surface area (Å²) in [5.41, 5.74) is 3.44. The third-order valence-electron chi connectivity index (χ3n) is 5.19. The zero-order valence-electron chi connectivity index (χ0n) is 17.5. The van der Waals surface area contributed by atoms with Crippen LogP contribution in [0, 0.1) is 0 Å². The molecular weight excluding hydrogens is 372 g/mol. The van der Waals surface area contributed by atoms with E-state index in [0.29, 0.717) is 5.02 Å². The van der Waals surface area contributed by atoms with Gasteiger partial charge in [0.25, 0.3) is 0 Å². The fraction of sp³-hybridized carbons (Fsp3) is 0.545. The van der Waals surface area contributed by atoms with Gasteiger partial charge in [0.15, 0.2) is 0 Å². The van der Waals surface area contributed by atoms with E-state index in [2.05, 4.69) is 30.6 Å². The Morgan fingerprint density at radius 2 is 1.82 bits per heavy atom. The van der Waals surface area contributed by atoms with Crippen molar-refractivity contribution >= 4 is 29.1 Å². The molecule has 0 saturated carbocycles. The Morgan fingerprint density at radius 1 is 1.07 bits per heavy atom. The number of anilines is 3. The molecule has 0 N–H and O–H groups in total. The quantitative estimate of drug-likeness (QED) is 0.560. The molecule has 0 fully saturated rings. The number of aryl methyl sites for hydroxylation is 1. The van der Waals surface area contributed by atoms with Crippen molar-refractivity contribution in [1.29, 1.82) is 0 Å². The van der Waals surface area contributed by atoms with Crippen LogP contribution in [0.2, 0.25) is 5.02 Å². The lowest BCUT2D eigenvalue weighted by molar-refractivity contribution is 0.415. The van der Waals surface area contributed by atoms with Gasteiger partial charge in [0.2, 0.25) is 5.95 Å². The lowest BCUT2D eigenvalue weighted by Gasteiger charge is -2.28. The lowest BCUT2D eigenvalue weighted by atomic mass is 10.2. The first-order valence-corrected chi connectivity index (χ1v) is 10.8. The van der Waals surface area contributed by atoms with Gasteiger partial charge < -0.3 is 14.5 Å². The highest BCUT2D eigenvalue weighted by Crippen LogP contribution is 2.36. The van der Waals surface area contributed by atoms with Crippen molar-refractivity contribution in [3.05, 3.63) is 34.5 Å². The molecule has 152 valence electrons. The fourth-order valence-electron chi connectivity index (χ4n) is 3.90. The molecule has 2 aromatic rings. The maximum atomic E-state index is 6.56. The molecule has 5 nitrogen and oxygen atoms in total. The molecule has 28 heavy (non-hydrogen) atoms. The first-order chi connectivity index (χ1) is 13.6. The standard InChI is InChI=1S/C22H31ClN4O/c1-5-13-26(14-6-2)21-17-9-8-10-19(17)24-22(25-21)27(7-3)20-12-11-16(28-4)15-18(20)23/h11-12,15H,5-10,13-14H2,1-4H3. The average Bonchev–Trinajstić information content (AvgIpc) is 3.17. The molecule has 1 aromatic carbocycles. The molecule has 6 heteroatoms. The van der Waals surface area contributed by atoms with Gasteiger partial charge in [-0.25, -0.2) is 4.98 Å². The van der Waals surface area contributed by atoms with Crippen molar-refractivity contribution < 1.29 is 4.74 Å². The van der Waals surface area contributed by atoms with Crippen LogP contribution in [0.4, 0.5) is 17.5 Å². The lowest BCUT2D eigenvalue weighted by Crippen LogP contribution is -2.29. The molecule has 0 atom stereocenters. The van der Waals surface area contributed by atoms with E-state index in [9.17, 15) is 0 Å². The molecule has 1 aliphatic rings. The maximum absolute atomic E-state index is 6.56. The normalized spacial score (nSPS) is 12.8. The number of ether oxygens (including phenoxy) is 1. The van der Waals surface area contributed by atoms with Gasteiger partial charge in [-0.3, -0.25) is 0 Å². The molecule has 3 rings (SSSR count). The first-order valence-electron chi connectivity index (χ1n) is 10.4. The van der Waals surface area contributed by atoms with Gasteiger partial charge >= 0.3 is 0 Å². The van der Waals surface area contributed by atoms with Crippen molar-refractivity contribution in [2.75, 3.05) is 36.5 Å². The highest BCUT2D eigenvalue weighted by molar-refractivity contribution is 6.33. The largest absolute Gasteiger partial charge is 0.497 e. The third-order valence-corrected chi connectivity index (χ3v) is 5.49. The number of fused-ring (bicyclic) bond motifs is 1. The second-order valence-electron chi connectivity index (χ2n) is 7.17. The molecule has 0 bridgehead atoms. The van der Waals surface area contributed by atoms with Gasteiger partial charge in [0.05, 0.1) is 23.5 Å². The molecule has 0 unspecified atom stereocenters. The Kier molecular flexibility index (Phi) is 7.00. The number of hydrogen-bond acceptors (Lipinski definition) is 5. The van der Waals surface area contributed by atoms with E-state index in [1.165, 1.54) is 11.3 Å². The summed E-state index contributed by atoms with van der Waals surface area (Å²) < 4.78 is 5.29. The highest BCUT2D eigenvalue weighted by atomic mass is 35.5. The number of aromatic nitrogens is 2. The number of rotatable bonds is 9. The van der Waals surface area contributed by atoms with E-state index in [1.807, 2.05) is 18.2 Å². The zero-order valence-corrected chi connectivity index (χ0v) is 18.2. The number of hydrogen-bond donors (Lipinski definition) is 0. The Morgan fingerprint density at radius 3 is 2.43 bits per heavy atom. The van der Waals surface area contributed by atoms with E-state index in [0.717, 1.165) is 74.9 Å². The highest BCUT2D eigenvalue weighted by Gasteiger charge is 2.25. The van der Waals surface area contributed by atoms with Crippen LogP contribution in [0.15, 0.2) is 18.2 Å². The zero-order chi connectivity index (χ0) is 20.1. The number of benzene rings is 1. The molecule has 1 aliphatic carbocycles. The third kappa shape index (κ3) is 4.19. The van der Waals surface area contributed by atoms with Crippen molar-refractivity contribution in [3.8, 4) is 5.75 Å². The van der Waals surface area contributed by atoms with Crippen molar-refractivity contribution in [2.45, 2.75) is 52.9 Å². The van der Waals surface area contributed by atoms with Crippen molar-refractivity contribution in [1.82, 2.24) is 9.97 Å². The van der Waals surface area contributed by atoms with Gasteiger partial charge in [-0.05, 0) is 51.2 Å². The van der Waals surface area contributed by atoms with Crippen LogP contribution < -0.4 is 14.5 Å². The van der Waals surface area contributed by atoms with Gasteiger partial charge in [-0.15, -0.1) is 0 Å². The molecule has 0 spiro atoms. The predicted octanol–water partition coefficient (Wildman–Crippen LogP) is 5.41. The summed E-state index contributed by atoms with van der Waals surface area (Å²) in [6.07, 6.45) is 5.47. The van der Waals surface area contributed by atoms with Crippen LogP contribution in [0.3, 0.4) is 0 Å². The van der Waals surface area contributed by atoms with Gasteiger partial charge in [0.1, 0.15) is 11.6 Å². The second-order valence-corrected chi connectivity index (χ2v) is 7.58. The summed E-state index contributed by atoms with van der Waals surface area (Å²) >= 11 is 6.56. The monoisotopic (exact) mass is 402 g/mol. The summed E-state index contributed by atoms with van der Waals surface area (Å²) in [6, 6.07) is 5.75. The SMILES string of the molecule is CCCN(CCC)c1nc(N(CC)c2ccc(OC)cc2Cl)nc2c1CCC2. The Labute approximate surface area is 173 Å². The number of nitrogens with zero attached hydrogens (tertiary/aromatic N) is 4. The summed E-state index contributed by atoms with van der Waals surface area (Å²) in [5, 5.41) is 0.644. The van der Waals surface area contributed by atoms with Crippen LogP contribution in [0.25, 0.3) is 0 Å². The Bertz CT molecular complexity index is 805. The van der Waals surface area contributed by atoms with Crippen LogP contribution in [-0.4, -0.2) is 36.7 Å². The topological polar surface area (TPSA) is 41.5 Å². The summed E-state index contributed by atoms with van der Waals surface area (Å²) in [7, 11) is 1.65. The van der Waals surface area contributed by atoms with E-state index in [1.54, 1.807) is 7.11 Å². The van der Waals surface area contributed by atoms with Crippen molar-refractivity contribution in [3.63, 3.8) is 0 Å². The molecule has 0 saturated heterocycles. The smallest absolute Gasteiger partial charge is 0.232 e. The van der Waals surface area contributed by atoms with E-state index >= 15 is 0 Å². The van der Waals surface area contributed by atoms with Crippen molar-refractivity contribution in [2.24, 2.45) is 0 Å². The van der Waals surface area contributed by atoms with Crippen LogP contribution >= 0.6 is 11.6 Å². The second kappa shape index (κ2) is 9.46. The maximum Gasteiger partial charge on any atom is 0.232 e. The molecule has 0 radical (unpaired) electrons. The fourth-order valence-corrected chi connectivity index (χ4v) is 4.17. The van der Waals surface area contributed by atoms with E-state index in [4.69, 9.17) is 26.3 Å². The minimum atomic E-state index is 0.644. The summed E-state index contributed by atoms with van der Waals surface area (Å²) in [4.78, 5) is 14.5. The van der Waals surface area contributed by atoms with Gasteiger partial charge in [-0.1, -0.05) is 25.4 Å². The summed E-state index contributed by atoms with van der Waals surface area (Å²) in [6.45, 7) is 9.33. The van der Waals surface area contributed by atoms with Crippen LogP contribution in [0.5, 0.6) is 5.75 Å². The van der Waals surface area contributed by atoms with Gasteiger partial charge in [-0.2, -0.15) is 4.98 Å². The summed E-state index contributed by atoms with van der Waals surface area (Å²) in [5.74, 6) is 2.60. The minimum absolute atomic E-state index is 0.644. The van der Waals surface area contributed by atoms with E-state index in [-0.39, 0.29) is 0 Å². The van der Waals surface area contributed by atoms with E-state index < -0.39 is 0 Å². The first kappa shape index (κ1) is 20.7. The molecule has 1 heterocycles. The van der Waals surface area contributed by atoms with Crippen LogP contribution in [0.1, 0.15) is 51.3 Å². The molecule has 0 aliphatic heterocycles. The number of methoxy groups -OCH3 is 1. The number of halogens is 1. The molecule has 0 amide bonds. The molecule has 1 aromatic heterocycles.